The minimum absolute atomic E-state index is 0.0573. The minimum Gasteiger partial charge on any atom is -0.356 e. The van der Waals surface area contributed by atoms with Crippen molar-refractivity contribution in [2.45, 2.75) is 39.2 Å². The summed E-state index contributed by atoms with van der Waals surface area (Å²) in [6, 6.07) is 12.7. The van der Waals surface area contributed by atoms with Gasteiger partial charge in [0, 0.05) is 37.3 Å². The molecule has 0 aliphatic carbocycles. The molecule has 5 heteroatoms. The fourth-order valence-corrected chi connectivity index (χ4v) is 3.89. The summed E-state index contributed by atoms with van der Waals surface area (Å²) in [5.41, 5.74) is 3.00. The van der Waals surface area contributed by atoms with Gasteiger partial charge in [-0.25, -0.2) is 9.97 Å². The lowest BCUT2D eigenvalue weighted by Crippen LogP contribution is -2.35. The van der Waals surface area contributed by atoms with Crippen LogP contribution in [0.25, 0.3) is 11.0 Å². The largest absolute Gasteiger partial charge is 0.356 e. The Morgan fingerprint density at radius 1 is 1.15 bits per heavy atom. The first-order chi connectivity index (χ1) is 12.7. The number of nitrogens with zero attached hydrogens (tertiary/aromatic N) is 4. The summed E-state index contributed by atoms with van der Waals surface area (Å²) in [7, 11) is 0. The number of para-hydroxylation sites is 2. The van der Waals surface area contributed by atoms with Gasteiger partial charge in [0.2, 0.25) is 0 Å². The van der Waals surface area contributed by atoms with Crippen LogP contribution in [-0.4, -0.2) is 33.4 Å². The van der Waals surface area contributed by atoms with Crippen LogP contribution in [0.3, 0.4) is 0 Å². The second kappa shape index (κ2) is 6.90. The van der Waals surface area contributed by atoms with Crippen molar-refractivity contribution in [1.82, 2.24) is 14.5 Å². The summed E-state index contributed by atoms with van der Waals surface area (Å²) in [4.78, 5) is 23.0. The van der Waals surface area contributed by atoms with Gasteiger partial charge in [-0.3, -0.25) is 4.79 Å². The molecule has 1 fully saturated rings. The van der Waals surface area contributed by atoms with Crippen LogP contribution in [0.4, 0.5) is 5.82 Å². The standard InChI is InChI=1S/C21H24N4O/c1-3-20-23-18-6-4-5-7-19(18)25(20)17-10-12-24(13-11-17)21-9-8-16(14-22-21)15(2)26/h4-9,14,17H,3,10-13H2,1-2H3. The van der Waals surface area contributed by atoms with Gasteiger partial charge < -0.3 is 9.47 Å². The molecule has 0 saturated carbocycles. The maximum Gasteiger partial charge on any atom is 0.161 e. The maximum absolute atomic E-state index is 11.4. The molecule has 0 N–H and O–H groups in total. The second-order valence-corrected chi connectivity index (χ2v) is 6.92. The Hall–Kier alpha value is -2.69. The van der Waals surface area contributed by atoms with Gasteiger partial charge in [0.25, 0.3) is 0 Å². The van der Waals surface area contributed by atoms with E-state index in [-0.39, 0.29) is 5.78 Å². The van der Waals surface area contributed by atoms with Crippen molar-refractivity contribution >= 4 is 22.6 Å². The Morgan fingerprint density at radius 3 is 2.58 bits per heavy atom. The van der Waals surface area contributed by atoms with E-state index < -0.39 is 0 Å². The Balaban J connectivity index is 1.53. The van der Waals surface area contributed by atoms with Crippen molar-refractivity contribution in [3.8, 4) is 0 Å². The fraction of sp³-hybridized carbons (Fsp3) is 0.381. The number of rotatable bonds is 4. The Morgan fingerprint density at radius 2 is 1.92 bits per heavy atom. The van der Waals surface area contributed by atoms with E-state index in [1.165, 1.54) is 11.3 Å². The number of piperidine rings is 1. The van der Waals surface area contributed by atoms with Crippen LogP contribution in [0.15, 0.2) is 42.6 Å². The first-order valence-corrected chi connectivity index (χ1v) is 9.35. The van der Waals surface area contributed by atoms with Gasteiger partial charge in [-0.1, -0.05) is 19.1 Å². The van der Waals surface area contributed by atoms with Crippen LogP contribution in [0.5, 0.6) is 0 Å². The molecule has 1 aliphatic rings. The summed E-state index contributed by atoms with van der Waals surface area (Å²) in [6.07, 6.45) is 4.78. The topological polar surface area (TPSA) is 51.0 Å². The molecule has 0 unspecified atom stereocenters. The van der Waals surface area contributed by atoms with Crippen molar-refractivity contribution in [2.75, 3.05) is 18.0 Å². The van der Waals surface area contributed by atoms with E-state index in [4.69, 9.17) is 4.98 Å². The number of hydrogen-bond donors (Lipinski definition) is 0. The number of imidazole rings is 1. The predicted molar refractivity (Wildman–Crippen MR) is 104 cm³/mol. The zero-order chi connectivity index (χ0) is 18.1. The number of Topliss-reactive ketones (excluding diaryl/α,β-unsaturated/α-hetero) is 1. The predicted octanol–water partition coefficient (Wildman–Crippen LogP) is 4.04. The lowest BCUT2D eigenvalue weighted by molar-refractivity contribution is 0.101. The first kappa shape index (κ1) is 16.8. The van der Waals surface area contributed by atoms with E-state index in [1.54, 1.807) is 13.1 Å². The van der Waals surface area contributed by atoms with Gasteiger partial charge in [-0.2, -0.15) is 0 Å². The van der Waals surface area contributed by atoms with Crippen molar-refractivity contribution in [3.63, 3.8) is 0 Å². The third-order valence-electron chi connectivity index (χ3n) is 5.29. The van der Waals surface area contributed by atoms with Crippen LogP contribution >= 0.6 is 0 Å². The number of aromatic nitrogens is 3. The summed E-state index contributed by atoms with van der Waals surface area (Å²) < 4.78 is 2.44. The van der Waals surface area contributed by atoms with E-state index in [2.05, 4.69) is 45.6 Å². The number of fused-ring (bicyclic) bond motifs is 1. The molecule has 3 aromatic rings. The van der Waals surface area contributed by atoms with E-state index in [9.17, 15) is 4.79 Å². The Labute approximate surface area is 153 Å². The summed E-state index contributed by atoms with van der Waals surface area (Å²) in [5.74, 6) is 2.19. The monoisotopic (exact) mass is 348 g/mol. The smallest absolute Gasteiger partial charge is 0.161 e. The molecular formula is C21H24N4O. The number of benzene rings is 1. The number of hydrogen-bond acceptors (Lipinski definition) is 4. The molecule has 2 aromatic heterocycles. The fourth-order valence-electron chi connectivity index (χ4n) is 3.89. The first-order valence-electron chi connectivity index (χ1n) is 9.35. The number of carbonyl (C=O) groups is 1. The molecule has 1 saturated heterocycles. The molecule has 26 heavy (non-hydrogen) atoms. The number of carbonyl (C=O) groups excluding carboxylic acids is 1. The van der Waals surface area contributed by atoms with E-state index in [0.29, 0.717) is 11.6 Å². The van der Waals surface area contributed by atoms with Crippen LogP contribution in [-0.2, 0) is 6.42 Å². The molecule has 0 amide bonds. The Kier molecular flexibility index (Phi) is 4.45. The highest BCUT2D eigenvalue weighted by Crippen LogP contribution is 2.30. The van der Waals surface area contributed by atoms with Crippen molar-refractivity contribution < 1.29 is 4.79 Å². The summed E-state index contributed by atoms with van der Waals surface area (Å²) >= 11 is 0. The van der Waals surface area contributed by atoms with Crippen LogP contribution in [0.1, 0.15) is 48.9 Å². The van der Waals surface area contributed by atoms with Crippen LogP contribution < -0.4 is 4.90 Å². The van der Waals surface area contributed by atoms with Crippen LogP contribution in [0.2, 0.25) is 0 Å². The van der Waals surface area contributed by atoms with Crippen molar-refractivity contribution in [3.05, 3.63) is 54.0 Å². The van der Waals surface area contributed by atoms with E-state index in [0.717, 1.165) is 43.7 Å². The molecule has 0 spiro atoms. The second-order valence-electron chi connectivity index (χ2n) is 6.92. The highest BCUT2D eigenvalue weighted by molar-refractivity contribution is 5.93. The van der Waals surface area contributed by atoms with Gasteiger partial charge >= 0.3 is 0 Å². The number of pyridine rings is 1. The maximum atomic E-state index is 11.4. The third-order valence-corrected chi connectivity index (χ3v) is 5.29. The highest BCUT2D eigenvalue weighted by atomic mass is 16.1. The van der Waals surface area contributed by atoms with Gasteiger partial charge in [0.1, 0.15) is 11.6 Å². The molecule has 4 rings (SSSR count). The SMILES string of the molecule is CCc1nc2ccccc2n1C1CCN(c2ccc(C(C)=O)cn2)CC1. The van der Waals surface area contributed by atoms with Crippen LogP contribution in [0, 0.1) is 0 Å². The molecule has 0 bridgehead atoms. The third kappa shape index (κ3) is 2.98. The number of ketones is 1. The molecule has 1 aliphatic heterocycles. The molecular weight excluding hydrogens is 324 g/mol. The average molecular weight is 348 g/mol. The van der Waals surface area contributed by atoms with E-state index in [1.807, 2.05) is 12.1 Å². The Bertz CT molecular complexity index is 921. The van der Waals surface area contributed by atoms with Crippen molar-refractivity contribution in [2.24, 2.45) is 0 Å². The molecule has 5 nitrogen and oxygen atoms in total. The van der Waals surface area contributed by atoms with Gasteiger partial charge in [0.05, 0.1) is 11.0 Å². The zero-order valence-corrected chi connectivity index (χ0v) is 15.4. The average Bonchev–Trinajstić information content (AvgIpc) is 3.07. The zero-order valence-electron chi connectivity index (χ0n) is 15.4. The normalized spacial score (nSPS) is 15.5. The molecule has 0 radical (unpaired) electrons. The number of anilines is 1. The molecule has 1 aromatic carbocycles. The molecule has 3 heterocycles. The summed E-state index contributed by atoms with van der Waals surface area (Å²) in [5, 5.41) is 0. The lowest BCUT2D eigenvalue weighted by Gasteiger charge is -2.34. The minimum atomic E-state index is 0.0573. The lowest BCUT2D eigenvalue weighted by atomic mass is 10.0. The number of aryl methyl sites for hydroxylation is 1. The van der Waals surface area contributed by atoms with Gasteiger partial charge in [0.15, 0.2) is 5.78 Å². The quantitative estimate of drug-likeness (QED) is 0.668. The van der Waals surface area contributed by atoms with Gasteiger partial charge in [-0.05, 0) is 44.0 Å². The van der Waals surface area contributed by atoms with Gasteiger partial charge in [-0.15, -0.1) is 0 Å². The summed E-state index contributed by atoms with van der Waals surface area (Å²) in [6.45, 7) is 5.68. The molecule has 134 valence electrons. The molecule has 0 atom stereocenters. The highest BCUT2D eigenvalue weighted by Gasteiger charge is 2.24. The van der Waals surface area contributed by atoms with Crippen molar-refractivity contribution in [1.29, 1.82) is 0 Å². The van der Waals surface area contributed by atoms with E-state index >= 15 is 0 Å².